The highest BCUT2D eigenvalue weighted by molar-refractivity contribution is 5.96. The zero-order valence-electron chi connectivity index (χ0n) is 10.2. The first-order valence-electron chi connectivity index (χ1n) is 5.40. The Morgan fingerprint density at radius 3 is 2.50 bits per heavy atom. The van der Waals surface area contributed by atoms with Crippen LogP contribution in [0.4, 0.5) is 10.1 Å². The fourth-order valence-corrected chi connectivity index (χ4v) is 1.49. The third kappa shape index (κ3) is 3.19. The molecule has 6 heteroatoms. The third-order valence-corrected chi connectivity index (χ3v) is 2.41. The van der Waals surface area contributed by atoms with E-state index in [0.717, 1.165) is 11.0 Å². The van der Waals surface area contributed by atoms with Gasteiger partial charge in [0, 0.05) is 11.7 Å². The van der Waals surface area contributed by atoms with Crippen LogP contribution >= 0.6 is 0 Å². The molecule has 0 saturated carbocycles. The maximum atomic E-state index is 13.6. The second-order valence-electron chi connectivity index (χ2n) is 4.16. The van der Waals surface area contributed by atoms with Gasteiger partial charge in [0.25, 0.3) is 5.91 Å². The molecule has 1 amide bonds. The van der Waals surface area contributed by atoms with Crippen LogP contribution in [0, 0.1) is 5.82 Å². The summed E-state index contributed by atoms with van der Waals surface area (Å²) >= 11 is 0. The van der Waals surface area contributed by atoms with Gasteiger partial charge in [-0.25, -0.2) is 4.39 Å². The number of carbonyl (C=O) groups is 2. The average Bonchev–Trinajstić information content (AvgIpc) is 2.24. The monoisotopic (exact) mass is 254 g/mol. The summed E-state index contributed by atoms with van der Waals surface area (Å²) in [7, 11) is 0. The van der Waals surface area contributed by atoms with E-state index in [4.69, 9.17) is 10.8 Å². The quantitative estimate of drug-likeness (QED) is 0.794. The van der Waals surface area contributed by atoms with Crippen LogP contribution in [0.1, 0.15) is 24.2 Å². The number of aliphatic carboxylic acids is 1. The Bertz CT molecular complexity index is 474. The van der Waals surface area contributed by atoms with Crippen LogP contribution in [0.25, 0.3) is 0 Å². The second-order valence-corrected chi connectivity index (χ2v) is 4.16. The molecule has 0 aromatic heterocycles. The van der Waals surface area contributed by atoms with Crippen LogP contribution in [0.2, 0.25) is 0 Å². The lowest BCUT2D eigenvalue weighted by Gasteiger charge is -2.25. The van der Waals surface area contributed by atoms with Crippen molar-refractivity contribution in [3.05, 3.63) is 29.6 Å². The number of carboxylic acids is 1. The molecule has 0 atom stereocenters. The number of benzene rings is 1. The van der Waals surface area contributed by atoms with Gasteiger partial charge < -0.3 is 15.7 Å². The smallest absolute Gasteiger partial charge is 0.323 e. The number of hydrogen-bond donors (Lipinski definition) is 2. The van der Waals surface area contributed by atoms with E-state index >= 15 is 0 Å². The van der Waals surface area contributed by atoms with E-state index < -0.39 is 24.2 Å². The van der Waals surface area contributed by atoms with E-state index in [-0.39, 0.29) is 17.3 Å². The van der Waals surface area contributed by atoms with Crippen LogP contribution in [0.3, 0.4) is 0 Å². The molecule has 0 heterocycles. The normalized spacial score (nSPS) is 10.4. The molecule has 1 aromatic carbocycles. The maximum absolute atomic E-state index is 13.6. The number of hydrogen-bond acceptors (Lipinski definition) is 3. The molecule has 0 aliphatic carbocycles. The molecular weight excluding hydrogens is 239 g/mol. The van der Waals surface area contributed by atoms with Crippen molar-refractivity contribution in [1.82, 2.24) is 4.90 Å². The van der Waals surface area contributed by atoms with E-state index in [0.29, 0.717) is 0 Å². The number of carbonyl (C=O) groups excluding carboxylic acids is 1. The lowest BCUT2D eigenvalue weighted by Crippen LogP contribution is -2.41. The Labute approximate surface area is 104 Å². The van der Waals surface area contributed by atoms with E-state index in [1.807, 2.05) is 0 Å². The zero-order chi connectivity index (χ0) is 13.9. The van der Waals surface area contributed by atoms with Gasteiger partial charge in [0.2, 0.25) is 0 Å². The molecule has 5 nitrogen and oxygen atoms in total. The fraction of sp³-hybridized carbons (Fsp3) is 0.333. The highest BCUT2D eigenvalue weighted by Crippen LogP contribution is 2.15. The van der Waals surface area contributed by atoms with E-state index in [9.17, 15) is 14.0 Å². The highest BCUT2D eigenvalue weighted by atomic mass is 19.1. The van der Waals surface area contributed by atoms with Gasteiger partial charge >= 0.3 is 5.97 Å². The molecule has 3 N–H and O–H groups in total. The summed E-state index contributed by atoms with van der Waals surface area (Å²) in [5.74, 6) is -2.56. The molecule has 0 aliphatic heterocycles. The summed E-state index contributed by atoms with van der Waals surface area (Å²) in [6.45, 7) is 2.85. The zero-order valence-corrected chi connectivity index (χ0v) is 10.2. The van der Waals surface area contributed by atoms with Crippen LogP contribution < -0.4 is 5.73 Å². The molecule has 1 rings (SSSR count). The van der Waals surface area contributed by atoms with Crippen LogP contribution in [-0.4, -0.2) is 34.5 Å². The Kier molecular flexibility index (Phi) is 4.25. The standard InChI is InChI=1S/C12H15FN2O3/c1-7(2)15(6-11(16)17)12(18)9-4-3-8(14)5-10(9)13/h3-5,7H,6,14H2,1-2H3,(H,16,17). The van der Waals surface area contributed by atoms with Crippen molar-refractivity contribution in [2.24, 2.45) is 0 Å². The Morgan fingerprint density at radius 1 is 1.44 bits per heavy atom. The minimum atomic E-state index is -1.15. The van der Waals surface area contributed by atoms with Gasteiger partial charge in [-0.15, -0.1) is 0 Å². The van der Waals surface area contributed by atoms with Gasteiger partial charge in [0.1, 0.15) is 12.4 Å². The lowest BCUT2D eigenvalue weighted by atomic mass is 10.1. The van der Waals surface area contributed by atoms with Crippen molar-refractivity contribution in [2.75, 3.05) is 12.3 Å². The van der Waals surface area contributed by atoms with Crippen LogP contribution in [-0.2, 0) is 4.79 Å². The van der Waals surface area contributed by atoms with Gasteiger partial charge in [0.05, 0.1) is 5.56 Å². The number of nitrogen functional groups attached to an aromatic ring is 1. The SMILES string of the molecule is CC(C)N(CC(=O)O)C(=O)c1ccc(N)cc1F. The van der Waals surface area contributed by atoms with E-state index in [2.05, 4.69) is 0 Å². The minimum absolute atomic E-state index is 0.181. The number of carboxylic acid groups (broad SMARTS) is 1. The maximum Gasteiger partial charge on any atom is 0.323 e. The largest absolute Gasteiger partial charge is 0.480 e. The number of nitrogens with two attached hydrogens (primary N) is 1. The first-order valence-corrected chi connectivity index (χ1v) is 5.40. The van der Waals surface area contributed by atoms with Crippen molar-refractivity contribution >= 4 is 17.6 Å². The van der Waals surface area contributed by atoms with Crippen molar-refractivity contribution in [1.29, 1.82) is 0 Å². The number of rotatable bonds is 4. The Hall–Kier alpha value is -2.11. The van der Waals surface area contributed by atoms with E-state index in [1.165, 1.54) is 12.1 Å². The molecule has 0 fully saturated rings. The third-order valence-electron chi connectivity index (χ3n) is 2.41. The fourth-order valence-electron chi connectivity index (χ4n) is 1.49. The predicted octanol–water partition coefficient (Wildman–Crippen LogP) is 1.34. The highest BCUT2D eigenvalue weighted by Gasteiger charge is 2.23. The Balaban J connectivity index is 3.05. The van der Waals surface area contributed by atoms with Gasteiger partial charge in [-0.05, 0) is 32.0 Å². The number of amides is 1. The molecular formula is C12H15FN2O3. The van der Waals surface area contributed by atoms with E-state index in [1.54, 1.807) is 13.8 Å². The van der Waals surface area contributed by atoms with Gasteiger partial charge in [-0.3, -0.25) is 9.59 Å². The number of nitrogens with zero attached hydrogens (tertiary/aromatic N) is 1. The molecule has 0 bridgehead atoms. The average molecular weight is 254 g/mol. The van der Waals surface area contributed by atoms with Crippen molar-refractivity contribution in [3.8, 4) is 0 Å². The van der Waals surface area contributed by atoms with Gasteiger partial charge in [-0.2, -0.15) is 0 Å². The van der Waals surface area contributed by atoms with Crippen molar-refractivity contribution in [3.63, 3.8) is 0 Å². The number of anilines is 1. The summed E-state index contributed by atoms with van der Waals surface area (Å²) in [6.07, 6.45) is 0. The van der Waals surface area contributed by atoms with Crippen LogP contribution in [0.5, 0.6) is 0 Å². The summed E-state index contributed by atoms with van der Waals surface area (Å²) in [4.78, 5) is 23.8. The summed E-state index contributed by atoms with van der Waals surface area (Å²) in [5.41, 5.74) is 5.41. The topological polar surface area (TPSA) is 83.6 Å². The lowest BCUT2D eigenvalue weighted by molar-refractivity contribution is -0.138. The Morgan fingerprint density at radius 2 is 2.06 bits per heavy atom. The van der Waals surface area contributed by atoms with Crippen LogP contribution in [0.15, 0.2) is 18.2 Å². The minimum Gasteiger partial charge on any atom is -0.480 e. The summed E-state index contributed by atoms with van der Waals surface area (Å²) < 4.78 is 13.6. The molecule has 0 spiro atoms. The molecule has 0 radical (unpaired) electrons. The van der Waals surface area contributed by atoms with Gasteiger partial charge in [0.15, 0.2) is 0 Å². The second kappa shape index (κ2) is 5.48. The molecule has 0 unspecified atom stereocenters. The summed E-state index contributed by atoms with van der Waals surface area (Å²) in [6, 6.07) is 3.34. The molecule has 0 saturated heterocycles. The molecule has 98 valence electrons. The van der Waals surface area contributed by atoms with Crippen molar-refractivity contribution < 1.29 is 19.1 Å². The molecule has 0 aliphatic rings. The molecule has 1 aromatic rings. The number of halogens is 1. The summed E-state index contributed by atoms with van der Waals surface area (Å²) in [5, 5.41) is 8.73. The first kappa shape index (κ1) is 14.0. The predicted molar refractivity (Wildman–Crippen MR) is 64.6 cm³/mol. The van der Waals surface area contributed by atoms with Gasteiger partial charge in [-0.1, -0.05) is 0 Å². The molecule has 18 heavy (non-hydrogen) atoms. The van der Waals surface area contributed by atoms with Crippen molar-refractivity contribution in [2.45, 2.75) is 19.9 Å². The first-order chi connectivity index (χ1) is 8.32.